The summed E-state index contributed by atoms with van der Waals surface area (Å²) >= 11 is 0. The monoisotopic (exact) mass is 561 g/mol. The van der Waals surface area contributed by atoms with Crippen molar-refractivity contribution < 1.29 is 23.8 Å². The Labute approximate surface area is 238 Å². The van der Waals surface area contributed by atoms with Crippen LogP contribution in [0.25, 0.3) is 0 Å². The number of nitrogens with zero attached hydrogens (tertiary/aromatic N) is 5. The summed E-state index contributed by atoms with van der Waals surface area (Å²) in [5.74, 6) is -1.07. The highest BCUT2D eigenvalue weighted by Crippen LogP contribution is 2.58. The highest BCUT2D eigenvalue weighted by atomic mass is 19.1. The molecule has 4 atom stereocenters. The zero-order chi connectivity index (χ0) is 28.9. The van der Waals surface area contributed by atoms with Gasteiger partial charge in [0.05, 0.1) is 24.0 Å². The number of halogens is 1. The van der Waals surface area contributed by atoms with Gasteiger partial charge in [0.1, 0.15) is 5.67 Å². The van der Waals surface area contributed by atoms with Crippen molar-refractivity contribution in [1.82, 2.24) is 15.0 Å². The van der Waals surface area contributed by atoms with Gasteiger partial charge in [0.25, 0.3) is 5.91 Å². The molecule has 2 amide bonds. The number of carbonyl (C=O) groups is 2. The minimum atomic E-state index is -1.60. The van der Waals surface area contributed by atoms with Crippen molar-refractivity contribution in [3.05, 3.63) is 71.5 Å². The predicted molar refractivity (Wildman–Crippen MR) is 151 cm³/mol. The number of aliphatic hydroxyl groups excluding tert-OH is 1. The van der Waals surface area contributed by atoms with Crippen LogP contribution in [0.15, 0.2) is 54.7 Å². The van der Waals surface area contributed by atoms with Crippen LogP contribution in [0.5, 0.6) is 0 Å². The van der Waals surface area contributed by atoms with E-state index in [-0.39, 0.29) is 18.4 Å². The summed E-state index contributed by atoms with van der Waals surface area (Å²) in [7, 11) is 0. The SMILES string of the molecule is C[C@@H]1[C@@H](C(C)(C)F)[C@H](CCn2cc(CCO)nn2)O[C@@]12C(=O)N(Cc1cccc(N3CCC3=O)c1)c1ccccc12. The van der Waals surface area contributed by atoms with Crippen molar-refractivity contribution >= 4 is 23.2 Å². The lowest BCUT2D eigenvalue weighted by molar-refractivity contribution is -0.146. The van der Waals surface area contributed by atoms with Crippen molar-refractivity contribution in [3.63, 3.8) is 0 Å². The topological polar surface area (TPSA) is 101 Å². The molecule has 3 aliphatic heterocycles. The van der Waals surface area contributed by atoms with E-state index in [0.717, 1.165) is 22.5 Å². The maximum atomic E-state index is 15.9. The molecule has 216 valence electrons. The third-order valence-electron chi connectivity index (χ3n) is 8.88. The maximum absolute atomic E-state index is 15.9. The fourth-order valence-electron chi connectivity index (χ4n) is 6.96. The summed E-state index contributed by atoms with van der Waals surface area (Å²) in [6, 6.07) is 15.3. The molecule has 10 heteroatoms. The molecule has 4 heterocycles. The fourth-order valence-corrected chi connectivity index (χ4v) is 6.96. The molecular formula is C31H36FN5O4. The average molecular weight is 562 g/mol. The third-order valence-corrected chi connectivity index (χ3v) is 8.88. The van der Waals surface area contributed by atoms with Crippen LogP contribution in [0.3, 0.4) is 0 Å². The number of anilines is 2. The van der Waals surface area contributed by atoms with Crippen molar-refractivity contribution in [2.24, 2.45) is 11.8 Å². The molecule has 0 bridgehead atoms. The Bertz CT molecular complexity index is 1470. The van der Waals surface area contributed by atoms with Crippen molar-refractivity contribution in [2.45, 2.75) is 70.5 Å². The van der Waals surface area contributed by atoms with E-state index in [9.17, 15) is 14.7 Å². The molecule has 0 aliphatic carbocycles. The first-order valence-corrected chi connectivity index (χ1v) is 14.3. The number of carbonyl (C=O) groups excluding carboxylic acids is 2. The molecule has 3 aromatic rings. The predicted octanol–water partition coefficient (Wildman–Crippen LogP) is 3.78. The molecule has 1 aromatic heterocycles. The smallest absolute Gasteiger partial charge is 0.264 e. The van der Waals surface area contributed by atoms with Gasteiger partial charge in [-0.2, -0.15) is 0 Å². The minimum absolute atomic E-state index is 0.0126. The second-order valence-electron chi connectivity index (χ2n) is 11.9. The van der Waals surface area contributed by atoms with Gasteiger partial charge in [-0.05, 0) is 44.0 Å². The first-order chi connectivity index (χ1) is 19.6. The van der Waals surface area contributed by atoms with E-state index in [1.165, 1.54) is 0 Å². The second kappa shape index (κ2) is 10.3. The quantitative estimate of drug-likeness (QED) is 0.399. The van der Waals surface area contributed by atoms with E-state index in [0.29, 0.717) is 44.6 Å². The molecule has 1 N–H and O–H groups in total. The molecule has 2 aromatic carbocycles. The van der Waals surface area contributed by atoms with Crippen molar-refractivity contribution in [2.75, 3.05) is 23.0 Å². The zero-order valence-electron chi connectivity index (χ0n) is 23.7. The van der Waals surface area contributed by atoms with Gasteiger partial charge in [0.15, 0.2) is 5.60 Å². The number of fused-ring (bicyclic) bond motifs is 2. The molecule has 2 fully saturated rings. The molecular weight excluding hydrogens is 525 g/mol. The largest absolute Gasteiger partial charge is 0.396 e. The molecule has 0 saturated carbocycles. The zero-order valence-corrected chi connectivity index (χ0v) is 23.7. The number of para-hydroxylation sites is 1. The Kier molecular flexibility index (Phi) is 6.94. The van der Waals surface area contributed by atoms with E-state index in [1.807, 2.05) is 55.5 Å². The van der Waals surface area contributed by atoms with Gasteiger partial charge in [-0.25, -0.2) is 4.39 Å². The molecule has 0 radical (unpaired) electrons. The average Bonchev–Trinajstić information content (AvgIpc) is 3.57. The number of aryl methyl sites for hydroxylation is 1. The van der Waals surface area contributed by atoms with Crippen LogP contribution in [0.2, 0.25) is 0 Å². The Morgan fingerprint density at radius 3 is 2.68 bits per heavy atom. The van der Waals surface area contributed by atoms with Gasteiger partial charge >= 0.3 is 0 Å². The van der Waals surface area contributed by atoms with E-state index >= 15 is 4.39 Å². The lowest BCUT2D eigenvalue weighted by atomic mass is 9.71. The van der Waals surface area contributed by atoms with Crippen LogP contribution in [-0.2, 0) is 39.4 Å². The van der Waals surface area contributed by atoms with Gasteiger partial charge in [-0.3, -0.25) is 14.3 Å². The lowest BCUT2D eigenvalue weighted by Crippen LogP contribution is -2.45. The standard InChI is InChI=1S/C31H36FN5O4/c1-20-28(30(2,3)32)26(11-14-35-19-22(13-16-38)33-34-35)41-31(20)24-9-4-5-10-25(24)37(29(31)40)18-21-7-6-8-23(17-21)36-15-12-27(36)39/h4-10,17,19-20,26,28,38H,11-16,18H2,1-3H3/t20-,26+,28-,31+/m1/s1. The van der Waals surface area contributed by atoms with Crippen LogP contribution in [0, 0.1) is 11.8 Å². The van der Waals surface area contributed by atoms with E-state index in [1.54, 1.807) is 34.5 Å². The van der Waals surface area contributed by atoms with Gasteiger partial charge in [0, 0.05) is 61.8 Å². The molecule has 0 unspecified atom stereocenters. The third kappa shape index (κ3) is 4.63. The number of amides is 2. The number of hydrogen-bond donors (Lipinski definition) is 1. The lowest BCUT2D eigenvalue weighted by Gasteiger charge is -2.32. The number of benzene rings is 2. The Balaban J connectivity index is 1.31. The van der Waals surface area contributed by atoms with E-state index in [2.05, 4.69) is 10.3 Å². The summed E-state index contributed by atoms with van der Waals surface area (Å²) in [5, 5.41) is 17.4. The van der Waals surface area contributed by atoms with Crippen LogP contribution >= 0.6 is 0 Å². The number of rotatable bonds is 9. The molecule has 1 spiro atoms. The van der Waals surface area contributed by atoms with E-state index in [4.69, 9.17) is 4.74 Å². The van der Waals surface area contributed by atoms with Gasteiger partial charge < -0.3 is 19.6 Å². The fraction of sp³-hybridized carbons (Fsp3) is 0.484. The highest BCUT2D eigenvalue weighted by molar-refractivity contribution is 6.07. The molecule has 9 nitrogen and oxygen atoms in total. The minimum Gasteiger partial charge on any atom is -0.396 e. The van der Waals surface area contributed by atoms with Crippen LogP contribution < -0.4 is 9.80 Å². The number of aromatic nitrogens is 3. The number of β-lactam (4-membered cyclic amide) rings is 1. The summed E-state index contributed by atoms with van der Waals surface area (Å²) in [6.07, 6.45) is 2.66. The molecule has 2 saturated heterocycles. The normalized spacial score (nSPS) is 25.7. The first kappa shape index (κ1) is 27.5. The Hall–Kier alpha value is -3.63. The molecule has 6 rings (SSSR count). The van der Waals surface area contributed by atoms with Crippen LogP contribution in [0.4, 0.5) is 15.8 Å². The van der Waals surface area contributed by atoms with Gasteiger partial charge in [0.2, 0.25) is 5.91 Å². The second-order valence-corrected chi connectivity index (χ2v) is 11.9. The van der Waals surface area contributed by atoms with Crippen molar-refractivity contribution in [3.8, 4) is 0 Å². The van der Waals surface area contributed by atoms with Crippen molar-refractivity contribution in [1.29, 1.82) is 0 Å². The van der Waals surface area contributed by atoms with Crippen LogP contribution in [-0.4, -0.2) is 56.8 Å². The van der Waals surface area contributed by atoms with Gasteiger partial charge in [-0.1, -0.05) is 42.5 Å². The summed E-state index contributed by atoms with van der Waals surface area (Å²) in [5.41, 5.74) is 1.02. The summed E-state index contributed by atoms with van der Waals surface area (Å²) in [4.78, 5) is 30.0. The van der Waals surface area contributed by atoms with Crippen LogP contribution in [0.1, 0.15) is 50.4 Å². The number of hydrogen-bond acceptors (Lipinski definition) is 6. The number of ether oxygens (including phenoxy) is 1. The number of alkyl halides is 1. The Morgan fingerprint density at radius 1 is 1.17 bits per heavy atom. The summed E-state index contributed by atoms with van der Waals surface area (Å²) in [6.45, 7) is 6.48. The number of aliphatic hydroxyl groups is 1. The summed E-state index contributed by atoms with van der Waals surface area (Å²) < 4.78 is 24.3. The molecule has 3 aliphatic rings. The maximum Gasteiger partial charge on any atom is 0.264 e. The molecule has 41 heavy (non-hydrogen) atoms. The Morgan fingerprint density at radius 2 is 1.98 bits per heavy atom. The van der Waals surface area contributed by atoms with E-state index < -0.39 is 29.2 Å². The van der Waals surface area contributed by atoms with Gasteiger partial charge in [-0.15, -0.1) is 5.10 Å². The highest BCUT2D eigenvalue weighted by Gasteiger charge is 2.66. The first-order valence-electron chi connectivity index (χ1n) is 14.3.